The van der Waals surface area contributed by atoms with E-state index in [0.717, 1.165) is 0 Å². The lowest BCUT2D eigenvalue weighted by Crippen LogP contribution is -2.24. The number of anilines is 2. The molecule has 29 heavy (non-hydrogen) atoms. The Kier molecular flexibility index (Phi) is 5.39. The molecule has 3 heterocycles. The summed E-state index contributed by atoms with van der Waals surface area (Å²) in [6.07, 6.45) is 3.04. The number of halogens is 1. The number of hydrogen-bond acceptors (Lipinski definition) is 6. The van der Waals surface area contributed by atoms with Crippen LogP contribution in [0.5, 0.6) is 5.75 Å². The number of aliphatic hydroxyl groups excluding tert-OH is 1. The number of alkyl halides is 1. The molecule has 150 valence electrons. The Morgan fingerprint density at radius 1 is 1.34 bits per heavy atom. The van der Waals surface area contributed by atoms with Crippen LogP contribution in [0.25, 0.3) is 11.3 Å². The third kappa shape index (κ3) is 3.90. The summed E-state index contributed by atoms with van der Waals surface area (Å²) < 4.78 is 18.6. The molecule has 1 aliphatic rings. The number of nitrogens with one attached hydrogen (secondary N) is 2. The molecule has 9 heteroatoms. The van der Waals surface area contributed by atoms with E-state index in [-0.39, 0.29) is 11.3 Å². The van der Waals surface area contributed by atoms with Crippen LogP contribution in [-0.4, -0.2) is 52.2 Å². The van der Waals surface area contributed by atoms with Gasteiger partial charge in [0.15, 0.2) is 0 Å². The van der Waals surface area contributed by atoms with Crippen molar-refractivity contribution in [3.63, 3.8) is 0 Å². The van der Waals surface area contributed by atoms with Gasteiger partial charge in [0.25, 0.3) is 5.91 Å². The number of para-hydroxylation sites is 1. The van der Waals surface area contributed by atoms with Crippen molar-refractivity contribution in [2.24, 2.45) is 0 Å². The fraction of sp³-hybridized carbons (Fsp3) is 0.250. The van der Waals surface area contributed by atoms with Gasteiger partial charge in [-0.1, -0.05) is 18.2 Å². The van der Waals surface area contributed by atoms with Gasteiger partial charge in [-0.3, -0.25) is 9.89 Å². The molecule has 1 unspecified atom stereocenters. The number of amides is 1. The van der Waals surface area contributed by atoms with Gasteiger partial charge in [-0.05, 0) is 24.6 Å². The maximum absolute atomic E-state index is 13.3. The highest BCUT2D eigenvalue weighted by molar-refractivity contribution is 6.08. The molecule has 1 fully saturated rings. The number of β-amino-alcohol motifs (C(OH)–C–C–N with tert-alkyl or cyclic N) is 1. The second-order valence-electron chi connectivity index (χ2n) is 6.63. The number of benzene rings is 1. The van der Waals surface area contributed by atoms with Crippen molar-refractivity contribution in [2.75, 3.05) is 30.2 Å². The first-order valence-electron chi connectivity index (χ1n) is 9.18. The predicted molar refractivity (Wildman–Crippen MR) is 106 cm³/mol. The van der Waals surface area contributed by atoms with Crippen molar-refractivity contribution in [1.29, 1.82) is 0 Å². The minimum absolute atomic E-state index is 0.0663. The van der Waals surface area contributed by atoms with Crippen molar-refractivity contribution >= 4 is 17.4 Å². The third-order valence-electron chi connectivity index (χ3n) is 4.72. The van der Waals surface area contributed by atoms with Crippen LogP contribution in [0.2, 0.25) is 0 Å². The number of nitrogens with zero attached hydrogens (tertiary/aromatic N) is 3. The number of aliphatic hydroxyl groups is 1. The standard InChI is InChI=1S/C20H20FN5O3/c21-12-29-18-15(20(28)24-13-4-2-1-3-5-13)10-22-19(26-9-7-14(27)11-26)17(18)16-6-8-23-25-16/h1-6,8,10,14,27H,7,9,11-12H2,(H,23,25)(H,24,28). The summed E-state index contributed by atoms with van der Waals surface area (Å²) in [6, 6.07) is 10.6. The summed E-state index contributed by atoms with van der Waals surface area (Å²) in [6.45, 7) is -0.141. The molecule has 3 aromatic rings. The number of ether oxygens (including phenoxy) is 1. The molecule has 3 N–H and O–H groups in total. The fourth-order valence-electron chi connectivity index (χ4n) is 3.38. The Morgan fingerprint density at radius 2 is 2.17 bits per heavy atom. The summed E-state index contributed by atoms with van der Waals surface area (Å²) in [7, 11) is 0. The molecular weight excluding hydrogens is 377 g/mol. The van der Waals surface area contributed by atoms with Crippen molar-refractivity contribution in [3.8, 4) is 17.0 Å². The quantitative estimate of drug-likeness (QED) is 0.591. The average Bonchev–Trinajstić information content (AvgIpc) is 3.40. The summed E-state index contributed by atoms with van der Waals surface area (Å²) in [5.74, 6) is 0.0861. The van der Waals surface area contributed by atoms with Gasteiger partial charge in [0.2, 0.25) is 6.86 Å². The third-order valence-corrected chi connectivity index (χ3v) is 4.72. The van der Waals surface area contributed by atoms with Crippen LogP contribution in [0.4, 0.5) is 15.9 Å². The summed E-state index contributed by atoms with van der Waals surface area (Å²) in [5.41, 5.74) is 1.65. The maximum Gasteiger partial charge on any atom is 0.261 e. The fourth-order valence-corrected chi connectivity index (χ4v) is 3.38. The maximum atomic E-state index is 13.3. The molecule has 1 atom stereocenters. The van der Waals surface area contributed by atoms with Crippen LogP contribution in [0.1, 0.15) is 16.8 Å². The molecule has 1 aliphatic heterocycles. The number of rotatable bonds is 6. The Bertz CT molecular complexity index is 981. The Balaban J connectivity index is 1.80. The van der Waals surface area contributed by atoms with Gasteiger partial charge in [-0.15, -0.1) is 0 Å². The van der Waals surface area contributed by atoms with Gasteiger partial charge in [0.1, 0.15) is 17.1 Å². The first-order valence-corrected chi connectivity index (χ1v) is 9.18. The van der Waals surface area contributed by atoms with E-state index in [1.165, 1.54) is 6.20 Å². The van der Waals surface area contributed by atoms with E-state index < -0.39 is 18.9 Å². The van der Waals surface area contributed by atoms with Crippen molar-refractivity contribution < 1.29 is 19.0 Å². The van der Waals surface area contributed by atoms with Crippen LogP contribution < -0.4 is 15.0 Å². The molecule has 1 amide bonds. The number of carbonyl (C=O) groups is 1. The first kappa shape index (κ1) is 18.9. The molecule has 0 aliphatic carbocycles. The number of hydrogen-bond donors (Lipinski definition) is 3. The zero-order valence-electron chi connectivity index (χ0n) is 15.5. The van der Waals surface area contributed by atoms with Gasteiger partial charge in [-0.2, -0.15) is 5.10 Å². The monoisotopic (exact) mass is 397 g/mol. The molecule has 0 spiro atoms. The van der Waals surface area contributed by atoms with Gasteiger partial charge in [0, 0.05) is 31.2 Å². The highest BCUT2D eigenvalue weighted by Gasteiger charge is 2.29. The van der Waals surface area contributed by atoms with Gasteiger partial charge in [-0.25, -0.2) is 9.37 Å². The van der Waals surface area contributed by atoms with Gasteiger partial charge >= 0.3 is 0 Å². The number of aromatic amines is 1. The van der Waals surface area contributed by atoms with Crippen LogP contribution in [0, 0.1) is 0 Å². The zero-order valence-corrected chi connectivity index (χ0v) is 15.5. The number of carbonyl (C=O) groups excluding carboxylic acids is 1. The van der Waals surface area contributed by atoms with E-state index in [0.29, 0.717) is 42.3 Å². The average molecular weight is 397 g/mol. The Morgan fingerprint density at radius 3 is 2.83 bits per heavy atom. The summed E-state index contributed by atoms with van der Waals surface area (Å²) in [5, 5.41) is 19.5. The lowest BCUT2D eigenvalue weighted by Gasteiger charge is -2.23. The molecule has 1 aromatic carbocycles. The van der Waals surface area contributed by atoms with Crippen LogP contribution >= 0.6 is 0 Å². The lowest BCUT2D eigenvalue weighted by atomic mass is 10.1. The van der Waals surface area contributed by atoms with E-state index in [1.54, 1.807) is 36.5 Å². The van der Waals surface area contributed by atoms with Gasteiger partial charge < -0.3 is 20.1 Å². The van der Waals surface area contributed by atoms with Crippen LogP contribution in [0.3, 0.4) is 0 Å². The van der Waals surface area contributed by atoms with Crippen molar-refractivity contribution in [1.82, 2.24) is 15.2 Å². The normalized spacial score (nSPS) is 16.1. The van der Waals surface area contributed by atoms with E-state index in [4.69, 9.17) is 4.74 Å². The SMILES string of the molecule is O=C(Nc1ccccc1)c1cnc(N2CCC(O)C2)c(-c2ccn[nH]2)c1OCF. The van der Waals surface area contributed by atoms with E-state index >= 15 is 0 Å². The number of H-pyrrole nitrogens is 1. The molecule has 8 nitrogen and oxygen atoms in total. The smallest absolute Gasteiger partial charge is 0.261 e. The molecule has 0 radical (unpaired) electrons. The topological polar surface area (TPSA) is 103 Å². The summed E-state index contributed by atoms with van der Waals surface area (Å²) >= 11 is 0. The number of pyridine rings is 1. The second-order valence-corrected chi connectivity index (χ2v) is 6.63. The molecule has 0 bridgehead atoms. The van der Waals surface area contributed by atoms with E-state index in [1.807, 2.05) is 11.0 Å². The minimum atomic E-state index is -1.11. The number of aromatic nitrogens is 3. The van der Waals surface area contributed by atoms with Crippen LogP contribution in [-0.2, 0) is 0 Å². The van der Waals surface area contributed by atoms with E-state index in [2.05, 4.69) is 20.5 Å². The molecule has 4 rings (SSSR count). The molecular formula is C20H20FN5O3. The van der Waals surface area contributed by atoms with E-state index in [9.17, 15) is 14.3 Å². The Hall–Kier alpha value is -3.46. The highest BCUT2D eigenvalue weighted by Crippen LogP contribution is 2.40. The minimum Gasteiger partial charge on any atom is -0.461 e. The van der Waals surface area contributed by atoms with Gasteiger partial charge in [0.05, 0.1) is 17.4 Å². The second kappa shape index (κ2) is 8.27. The zero-order chi connectivity index (χ0) is 20.2. The van der Waals surface area contributed by atoms with Crippen molar-refractivity contribution in [2.45, 2.75) is 12.5 Å². The highest BCUT2D eigenvalue weighted by atomic mass is 19.1. The van der Waals surface area contributed by atoms with Crippen LogP contribution in [0.15, 0.2) is 48.8 Å². The molecule has 0 saturated carbocycles. The van der Waals surface area contributed by atoms with Crippen molar-refractivity contribution in [3.05, 3.63) is 54.4 Å². The molecule has 1 saturated heterocycles. The first-order chi connectivity index (χ1) is 14.2. The largest absolute Gasteiger partial charge is 0.461 e. The molecule has 2 aromatic heterocycles. The lowest BCUT2D eigenvalue weighted by molar-refractivity contribution is 0.101. The Labute approximate surface area is 166 Å². The summed E-state index contributed by atoms with van der Waals surface area (Å²) in [4.78, 5) is 19.2. The predicted octanol–water partition coefficient (Wildman–Crippen LogP) is 2.60.